The quantitative estimate of drug-likeness (QED) is 0.492. The van der Waals surface area contributed by atoms with Crippen molar-refractivity contribution in [2.24, 2.45) is 0 Å². The normalized spacial score (nSPS) is 11.9. The van der Waals surface area contributed by atoms with Gasteiger partial charge in [0.25, 0.3) is 5.91 Å². The van der Waals surface area contributed by atoms with Gasteiger partial charge in [-0.25, -0.2) is 29.4 Å². The smallest absolute Gasteiger partial charge is 0.338 e. The fourth-order valence-corrected chi connectivity index (χ4v) is 2.45. The Morgan fingerprint density at radius 1 is 1.14 bits per heavy atom. The summed E-state index contributed by atoms with van der Waals surface area (Å²) >= 11 is 0. The van der Waals surface area contributed by atoms with Crippen LogP contribution in [-0.4, -0.2) is 52.7 Å². The number of aromatic amines is 1. The van der Waals surface area contributed by atoms with Crippen LogP contribution in [0.5, 0.6) is 0 Å². The Morgan fingerprint density at radius 2 is 1.96 bits per heavy atom. The zero-order chi connectivity index (χ0) is 19.5. The van der Waals surface area contributed by atoms with Gasteiger partial charge in [0, 0.05) is 0 Å². The van der Waals surface area contributed by atoms with Crippen molar-refractivity contribution in [3.63, 3.8) is 0 Å². The second kappa shape index (κ2) is 7.23. The monoisotopic (exact) mass is 378 g/mol. The summed E-state index contributed by atoms with van der Waals surface area (Å²) in [5.41, 5.74) is 1.95. The van der Waals surface area contributed by atoms with Gasteiger partial charge in [-0.15, -0.1) is 0 Å². The molecule has 0 bridgehead atoms. The van der Waals surface area contributed by atoms with Gasteiger partial charge in [0.15, 0.2) is 17.6 Å². The van der Waals surface area contributed by atoms with Gasteiger partial charge in [0.05, 0.1) is 17.6 Å². The summed E-state index contributed by atoms with van der Waals surface area (Å²) < 4.78 is 6.80. The lowest BCUT2D eigenvalue weighted by atomic mass is 10.2. The summed E-state index contributed by atoms with van der Waals surface area (Å²) in [6, 6.07) is 6.57. The molecule has 4 aromatic rings. The maximum Gasteiger partial charge on any atom is 0.338 e. The standard InChI is InChI=1S/C17H14N8O3/c1-10(16(26)24-15-13-14(20-7-19-13)21-8-22-15)28-17(27)11-2-4-12(5-3-11)25-9-18-6-23-25/h2-10H,1H3,(H2,19,20,21,22,24,26). The summed E-state index contributed by atoms with van der Waals surface area (Å²) in [7, 11) is 0. The number of hydrogen-bond acceptors (Lipinski definition) is 8. The molecule has 0 saturated heterocycles. The second-order valence-electron chi connectivity index (χ2n) is 5.75. The summed E-state index contributed by atoms with van der Waals surface area (Å²) in [4.78, 5) is 43.3. The Labute approximate surface area is 157 Å². The van der Waals surface area contributed by atoms with Crippen molar-refractivity contribution in [3.8, 4) is 5.69 Å². The molecule has 3 heterocycles. The SMILES string of the molecule is CC(OC(=O)c1ccc(-n2cncn2)cc1)C(=O)Nc1ncnc2nc[nH]c12. The largest absolute Gasteiger partial charge is 0.449 e. The Hall–Kier alpha value is -4.15. The molecular formula is C17H14N8O3. The predicted molar refractivity (Wildman–Crippen MR) is 96.5 cm³/mol. The van der Waals surface area contributed by atoms with Crippen LogP contribution in [0.4, 0.5) is 5.82 Å². The van der Waals surface area contributed by atoms with E-state index in [0.29, 0.717) is 16.7 Å². The van der Waals surface area contributed by atoms with Gasteiger partial charge in [-0.2, -0.15) is 5.10 Å². The van der Waals surface area contributed by atoms with Crippen LogP contribution in [-0.2, 0) is 9.53 Å². The number of carbonyl (C=O) groups excluding carboxylic acids is 2. The molecule has 11 heteroatoms. The number of nitrogens with zero attached hydrogens (tertiary/aromatic N) is 6. The van der Waals surface area contributed by atoms with Crippen molar-refractivity contribution in [3.05, 3.63) is 55.1 Å². The lowest BCUT2D eigenvalue weighted by Gasteiger charge is -2.13. The number of aromatic nitrogens is 7. The first-order valence-corrected chi connectivity index (χ1v) is 8.23. The number of ether oxygens (including phenoxy) is 1. The molecule has 28 heavy (non-hydrogen) atoms. The Kier molecular flexibility index (Phi) is 4.46. The molecule has 0 aliphatic rings. The zero-order valence-corrected chi connectivity index (χ0v) is 14.6. The minimum atomic E-state index is -1.03. The van der Waals surface area contributed by atoms with Gasteiger partial charge in [-0.1, -0.05) is 0 Å². The van der Waals surface area contributed by atoms with Gasteiger partial charge in [0.2, 0.25) is 0 Å². The minimum absolute atomic E-state index is 0.257. The maximum absolute atomic E-state index is 12.4. The molecule has 1 unspecified atom stereocenters. The predicted octanol–water partition coefficient (Wildman–Crippen LogP) is 1.12. The highest BCUT2D eigenvalue weighted by molar-refractivity contribution is 6.00. The molecule has 4 rings (SSSR count). The molecule has 11 nitrogen and oxygen atoms in total. The van der Waals surface area contributed by atoms with E-state index >= 15 is 0 Å². The van der Waals surface area contributed by atoms with Crippen LogP contribution in [0.15, 0.2) is 49.6 Å². The van der Waals surface area contributed by atoms with Crippen molar-refractivity contribution < 1.29 is 14.3 Å². The third kappa shape index (κ3) is 3.40. The third-order valence-electron chi connectivity index (χ3n) is 3.90. The van der Waals surface area contributed by atoms with Crippen LogP contribution >= 0.6 is 0 Å². The molecule has 140 valence electrons. The van der Waals surface area contributed by atoms with Crippen LogP contribution < -0.4 is 5.32 Å². The number of benzene rings is 1. The van der Waals surface area contributed by atoms with Crippen molar-refractivity contribution >= 4 is 28.9 Å². The topological polar surface area (TPSA) is 141 Å². The molecule has 0 saturated carbocycles. The van der Waals surface area contributed by atoms with Gasteiger partial charge in [0.1, 0.15) is 24.5 Å². The first-order chi connectivity index (χ1) is 13.6. The van der Waals surface area contributed by atoms with Gasteiger partial charge >= 0.3 is 5.97 Å². The van der Waals surface area contributed by atoms with E-state index in [4.69, 9.17) is 4.74 Å². The number of rotatable bonds is 5. The highest BCUT2D eigenvalue weighted by Crippen LogP contribution is 2.15. The molecule has 0 aliphatic carbocycles. The average molecular weight is 378 g/mol. The molecule has 0 fully saturated rings. The number of carbonyl (C=O) groups is 2. The van der Waals surface area contributed by atoms with Crippen molar-refractivity contribution in [2.45, 2.75) is 13.0 Å². The number of amides is 1. The van der Waals surface area contributed by atoms with E-state index in [2.05, 4.69) is 35.3 Å². The van der Waals surface area contributed by atoms with Gasteiger partial charge in [-0.05, 0) is 31.2 Å². The van der Waals surface area contributed by atoms with Gasteiger partial charge < -0.3 is 15.0 Å². The maximum atomic E-state index is 12.4. The lowest BCUT2D eigenvalue weighted by molar-refractivity contribution is -0.123. The fraction of sp³-hybridized carbons (Fsp3) is 0.118. The molecule has 1 amide bonds. The summed E-state index contributed by atoms with van der Waals surface area (Å²) in [5, 5.41) is 6.61. The van der Waals surface area contributed by atoms with E-state index in [-0.39, 0.29) is 5.82 Å². The first kappa shape index (κ1) is 17.3. The molecular weight excluding hydrogens is 364 g/mol. The highest BCUT2D eigenvalue weighted by atomic mass is 16.5. The molecule has 0 aliphatic heterocycles. The molecule has 1 aromatic carbocycles. The summed E-state index contributed by atoms with van der Waals surface area (Å²) in [6.45, 7) is 1.47. The number of hydrogen-bond donors (Lipinski definition) is 2. The minimum Gasteiger partial charge on any atom is -0.449 e. The van der Waals surface area contributed by atoms with E-state index in [1.807, 2.05) is 0 Å². The van der Waals surface area contributed by atoms with Crippen molar-refractivity contribution in [1.29, 1.82) is 0 Å². The number of anilines is 1. The number of nitrogens with one attached hydrogen (secondary N) is 2. The Bertz CT molecular complexity index is 1120. The van der Waals surface area contributed by atoms with Gasteiger partial charge in [-0.3, -0.25) is 4.79 Å². The summed E-state index contributed by atoms with van der Waals surface area (Å²) in [5.74, 6) is -0.892. The molecule has 0 spiro atoms. The second-order valence-corrected chi connectivity index (χ2v) is 5.75. The fourth-order valence-electron chi connectivity index (χ4n) is 2.45. The van der Waals surface area contributed by atoms with Crippen LogP contribution in [0.1, 0.15) is 17.3 Å². The van der Waals surface area contributed by atoms with E-state index in [1.54, 1.807) is 35.3 Å². The van der Waals surface area contributed by atoms with Crippen LogP contribution in [0.2, 0.25) is 0 Å². The lowest BCUT2D eigenvalue weighted by Crippen LogP contribution is -2.30. The number of esters is 1. The van der Waals surface area contributed by atoms with E-state index in [1.165, 1.54) is 25.9 Å². The van der Waals surface area contributed by atoms with Crippen LogP contribution in [0.3, 0.4) is 0 Å². The van der Waals surface area contributed by atoms with E-state index in [0.717, 1.165) is 5.69 Å². The Balaban J connectivity index is 1.41. The first-order valence-electron chi connectivity index (χ1n) is 8.23. The average Bonchev–Trinajstić information content (AvgIpc) is 3.40. The molecule has 0 radical (unpaired) electrons. The number of H-pyrrole nitrogens is 1. The molecule has 3 aromatic heterocycles. The molecule has 1 atom stereocenters. The molecule has 2 N–H and O–H groups in total. The van der Waals surface area contributed by atoms with Crippen molar-refractivity contribution in [2.75, 3.05) is 5.32 Å². The van der Waals surface area contributed by atoms with E-state index in [9.17, 15) is 9.59 Å². The highest BCUT2D eigenvalue weighted by Gasteiger charge is 2.20. The zero-order valence-electron chi connectivity index (χ0n) is 14.6. The van der Waals surface area contributed by atoms with Crippen molar-refractivity contribution in [1.82, 2.24) is 34.7 Å². The summed E-state index contributed by atoms with van der Waals surface area (Å²) in [6.07, 6.45) is 4.66. The Morgan fingerprint density at radius 3 is 2.71 bits per heavy atom. The number of imidazole rings is 1. The van der Waals surface area contributed by atoms with E-state index < -0.39 is 18.0 Å². The van der Waals surface area contributed by atoms with Crippen LogP contribution in [0, 0.1) is 0 Å². The van der Waals surface area contributed by atoms with Crippen LogP contribution in [0.25, 0.3) is 16.9 Å². The third-order valence-corrected chi connectivity index (χ3v) is 3.90. The number of fused-ring (bicyclic) bond motifs is 1.